The van der Waals surface area contributed by atoms with E-state index < -0.39 is 65.3 Å². The van der Waals surface area contributed by atoms with Crippen LogP contribution < -0.4 is 20.3 Å². The van der Waals surface area contributed by atoms with Gasteiger partial charge in [0.1, 0.15) is 36.8 Å². The van der Waals surface area contributed by atoms with E-state index in [1.54, 1.807) is 6.07 Å². The zero-order valence-electron chi connectivity index (χ0n) is 26.8. The number of nitro benzene ring substituents is 1. The van der Waals surface area contributed by atoms with Crippen molar-refractivity contribution < 1.29 is 49.1 Å². The molecule has 1 spiro atoms. The van der Waals surface area contributed by atoms with Crippen molar-refractivity contribution in [2.45, 2.75) is 81.3 Å². The number of aliphatic hydroxyl groups is 4. The van der Waals surface area contributed by atoms with Crippen molar-refractivity contribution in [1.29, 1.82) is 0 Å². The number of anilines is 1. The van der Waals surface area contributed by atoms with E-state index in [4.69, 9.17) is 14.2 Å². The second kappa shape index (κ2) is 14.5. The molecular weight excluding hydrogens is 628 g/mol. The van der Waals surface area contributed by atoms with Gasteiger partial charge in [0.15, 0.2) is 6.23 Å². The zero-order valence-corrected chi connectivity index (χ0v) is 26.8. The third-order valence-corrected chi connectivity index (χ3v) is 9.22. The van der Waals surface area contributed by atoms with Gasteiger partial charge in [0.05, 0.1) is 23.5 Å². The average molecular weight is 671 g/mol. The molecular formula is C33H42N4O11. The van der Waals surface area contributed by atoms with Crippen LogP contribution in [0.2, 0.25) is 0 Å². The fourth-order valence-electron chi connectivity index (χ4n) is 6.50. The molecule has 1 saturated heterocycles. The fourth-order valence-corrected chi connectivity index (χ4v) is 6.50. The van der Waals surface area contributed by atoms with Crippen LogP contribution in [0.3, 0.4) is 0 Å². The molecule has 15 heteroatoms. The lowest BCUT2D eigenvalue weighted by Gasteiger charge is -2.47. The van der Waals surface area contributed by atoms with Crippen LogP contribution in [0.15, 0.2) is 48.5 Å². The Balaban J connectivity index is 1.08. The quantitative estimate of drug-likeness (QED) is 0.108. The van der Waals surface area contributed by atoms with Crippen LogP contribution in [-0.4, -0.2) is 100 Å². The van der Waals surface area contributed by atoms with E-state index in [-0.39, 0.29) is 18.7 Å². The number of non-ortho nitro benzene ring substituents is 1. The molecule has 6 atom stereocenters. The highest BCUT2D eigenvalue weighted by Crippen LogP contribution is 2.54. The molecule has 6 N–H and O–H groups in total. The fraction of sp³-hybridized carbons (Fsp3) is 0.515. The molecule has 0 aromatic heterocycles. The molecule has 0 saturated carbocycles. The molecule has 260 valence electrons. The minimum absolute atomic E-state index is 0.0273. The first-order valence-corrected chi connectivity index (χ1v) is 15.9. The minimum Gasteiger partial charge on any atom is -0.463 e. The molecule has 15 nitrogen and oxygen atoms in total. The molecule has 0 bridgehead atoms. The van der Waals surface area contributed by atoms with E-state index in [1.165, 1.54) is 12.1 Å². The van der Waals surface area contributed by atoms with Crippen LogP contribution >= 0.6 is 0 Å². The van der Waals surface area contributed by atoms with Gasteiger partial charge in [-0.25, -0.2) is 4.79 Å². The summed E-state index contributed by atoms with van der Waals surface area (Å²) in [5.74, 6) is 0.0803. The maximum atomic E-state index is 12.5. The van der Waals surface area contributed by atoms with Crippen molar-refractivity contribution >= 4 is 29.5 Å². The van der Waals surface area contributed by atoms with Crippen molar-refractivity contribution in [3.8, 4) is 5.75 Å². The number of hydrogen-bond donors (Lipinski definition) is 6. The second-order valence-corrected chi connectivity index (χ2v) is 12.6. The van der Waals surface area contributed by atoms with E-state index in [0.29, 0.717) is 43.7 Å². The summed E-state index contributed by atoms with van der Waals surface area (Å²) >= 11 is 0. The van der Waals surface area contributed by atoms with Crippen LogP contribution in [-0.2, 0) is 19.7 Å². The zero-order chi connectivity index (χ0) is 34.6. The molecule has 0 radical (unpaired) electrons. The normalized spacial score (nSPS) is 26.7. The summed E-state index contributed by atoms with van der Waals surface area (Å²) in [5, 5.41) is 55.5. The average Bonchev–Trinajstić information content (AvgIpc) is 3.24. The van der Waals surface area contributed by atoms with Crippen molar-refractivity contribution in [3.63, 3.8) is 0 Å². The summed E-state index contributed by atoms with van der Waals surface area (Å²) in [7, 11) is 0. The predicted octanol–water partition coefficient (Wildman–Crippen LogP) is 1.70. The van der Waals surface area contributed by atoms with Crippen molar-refractivity contribution in [3.05, 3.63) is 69.8 Å². The van der Waals surface area contributed by atoms with Gasteiger partial charge in [0, 0.05) is 36.3 Å². The minimum atomic E-state index is -1.57. The molecule has 2 amide bonds. The molecule has 0 aliphatic carbocycles. The number of alkyl carbamates (subject to hydrolysis) is 1. The summed E-state index contributed by atoms with van der Waals surface area (Å²) < 4.78 is 17.4. The number of nitro groups is 1. The maximum Gasteiger partial charge on any atom is 0.407 e. The van der Waals surface area contributed by atoms with E-state index in [0.717, 1.165) is 11.3 Å². The molecule has 2 aromatic rings. The SMILES string of the molecule is CC1(C)c2ccccc2N(CCOC(=O)NCCCCCC(=O)N[C@@H]2O[C@H](CO)[C@@H](O)[C@H](O)[C@H]2O)C12C=Cc1cc([N+](=O)[O-])ccc1O2. The summed E-state index contributed by atoms with van der Waals surface area (Å²) in [6, 6.07) is 12.4. The summed E-state index contributed by atoms with van der Waals surface area (Å²) in [6.07, 6.45) is -2.08. The van der Waals surface area contributed by atoms with Gasteiger partial charge in [-0.05, 0) is 56.5 Å². The number of ether oxygens (including phenoxy) is 3. The maximum absolute atomic E-state index is 12.5. The van der Waals surface area contributed by atoms with Crippen LogP contribution in [0.4, 0.5) is 16.2 Å². The number of nitrogens with one attached hydrogen (secondary N) is 2. The number of carbonyl (C=O) groups is 2. The Morgan fingerprint density at radius 3 is 2.58 bits per heavy atom. The van der Waals surface area contributed by atoms with E-state index in [1.807, 2.05) is 41.3 Å². The van der Waals surface area contributed by atoms with E-state index >= 15 is 0 Å². The Kier molecular flexibility index (Phi) is 10.6. The van der Waals surface area contributed by atoms with E-state index in [2.05, 4.69) is 24.5 Å². The Labute approximate surface area is 277 Å². The number of para-hydroxylation sites is 1. The van der Waals surface area contributed by atoms with Gasteiger partial charge in [-0.2, -0.15) is 0 Å². The Morgan fingerprint density at radius 1 is 1.06 bits per heavy atom. The highest BCUT2D eigenvalue weighted by atomic mass is 16.6. The summed E-state index contributed by atoms with van der Waals surface area (Å²) in [6.45, 7) is 4.24. The van der Waals surface area contributed by atoms with Gasteiger partial charge in [-0.15, -0.1) is 0 Å². The highest BCUT2D eigenvalue weighted by Gasteiger charge is 2.58. The number of rotatable bonds is 12. The molecule has 5 rings (SSSR count). The molecule has 3 aliphatic rings. The van der Waals surface area contributed by atoms with Crippen LogP contribution in [0.25, 0.3) is 6.08 Å². The lowest BCUT2D eigenvalue weighted by atomic mass is 9.76. The number of amides is 2. The molecule has 2 aromatic carbocycles. The third kappa shape index (κ3) is 6.82. The van der Waals surface area contributed by atoms with Crippen LogP contribution in [0, 0.1) is 10.1 Å². The number of hydrogen-bond acceptors (Lipinski definition) is 12. The Hall–Kier alpha value is -4.28. The molecule has 1 unspecified atom stereocenters. The second-order valence-electron chi connectivity index (χ2n) is 12.6. The summed E-state index contributed by atoms with van der Waals surface area (Å²) in [4.78, 5) is 37.7. The largest absolute Gasteiger partial charge is 0.463 e. The number of aliphatic hydroxyl groups excluding tert-OH is 4. The number of benzene rings is 2. The first kappa shape index (κ1) is 35.0. The number of nitrogens with zero attached hydrogens (tertiary/aromatic N) is 2. The topological polar surface area (TPSA) is 213 Å². The molecule has 3 heterocycles. The number of carbonyl (C=O) groups excluding carboxylic acids is 2. The Morgan fingerprint density at radius 2 is 1.83 bits per heavy atom. The molecule has 1 fully saturated rings. The lowest BCUT2D eigenvalue weighted by Crippen LogP contribution is -2.63. The van der Waals surface area contributed by atoms with Gasteiger partial charge in [-0.3, -0.25) is 14.9 Å². The molecule has 48 heavy (non-hydrogen) atoms. The van der Waals surface area contributed by atoms with Gasteiger partial charge in [0.2, 0.25) is 11.6 Å². The lowest BCUT2D eigenvalue weighted by molar-refractivity contribution is -0.384. The standard InChI is InChI=1S/C33H42N4O11/c1-32(2)22-8-5-6-9-23(22)36(33(32)14-13-20-18-21(37(44)45)11-12-24(20)48-33)16-17-46-31(43)34-15-7-3-4-10-26(39)35-30-29(42)28(41)27(40)25(19-38)47-30/h5-6,8-9,11-14,18,25,27-30,38,40-42H,3-4,7,10,15-17,19H2,1-2H3,(H,34,43)(H,35,39)/t25-,27-,28+,29-,30-,33?/m1/s1. The van der Waals surface area contributed by atoms with Crippen LogP contribution in [0.1, 0.15) is 50.7 Å². The first-order chi connectivity index (χ1) is 22.9. The van der Waals surface area contributed by atoms with Gasteiger partial charge in [-0.1, -0.05) is 24.6 Å². The Bertz CT molecular complexity index is 1530. The summed E-state index contributed by atoms with van der Waals surface area (Å²) in [5.41, 5.74) is 1.04. The monoisotopic (exact) mass is 670 g/mol. The van der Waals surface area contributed by atoms with Crippen molar-refractivity contribution in [2.24, 2.45) is 0 Å². The van der Waals surface area contributed by atoms with Crippen LogP contribution in [0.5, 0.6) is 5.75 Å². The molecule has 3 aliphatic heterocycles. The predicted molar refractivity (Wildman–Crippen MR) is 172 cm³/mol. The van der Waals surface area contributed by atoms with Gasteiger partial charge >= 0.3 is 6.09 Å². The smallest absolute Gasteiger partial charge is 0.407 e. The highest BCUT2D eigenvalue weighted by molar-refractivity contribution is 5.76. The number of fused-ring (bicyclic) bond motifs is 2. The van der Waals surface area contributed by atoms with Crippen molar-refractivity contribution in [2.75, 3.05) is 31.2 Å². The first-order valence-electron chi connectivity index (χ1n) is 15.9. The van der Waals surface area contributed by atoms with Crippen molar-refractivity contribution in [1.82, 2.24) is 10.6 Å². The van der Waals surface area contributed by atoms with E-state index in [9.17, 15) is 40.1 Å². The number of unbranched alkanes of at least 4 members (excludes halogenated alkanes) is 2. The third-order valence-electron chi connectivity index (χ3n) is 9.22. The van der Waals surface area contributed by atoms with Gasteiger partial charge in [0.25, 0.3) is 5.69 Å². The van der Waals surface area contributed by atoms with Gasteiger partial charge < -0.3 is 50.2 Å².